The standard InChI is InChI=1S/C19H30N2O3.C2H2O4/c1-5-24-18-13-16(6-7-17(18)23-4)14-20-8-10-21(11-9-20)19(22)12-15(2)3;3-1(4)2(5)6/h6-7,13,15H,5,8-12,14H2,1-4H3;(H,3,4)(H,5,6). The van der Waals surface area contributed by atoms with Crippen LogP contribution in [-0.4, -0.2) is 77.8 Å². The lowest BCUT2D eigenvalue weighted by atomic mass is 10.1. The first-order valence-corrected chi connectivity index (χ1v) is 9.93. The van der Waals surface area contributed by atoms with Gasteiger partial charge in [0.15, 0.2) is 11.5 Å². The lowest BCUT2D eigenvalue weighted by Crippen LogP contribution is -2.48. The molecule has 1 aliphatic heterocycles. The number of nitrogens with zero attached hydrogens (tertiary/aromatic N) is 2. The molecule has 1 aromatic carbocycles. The van der Waals surface area contributed by atoms with Crippen molar-refractivity contribution in [2.75, 3.05) is 39.9 Å². The Bertz CT molecular complexity index is 701. The molecule has 0 aromatic heterocycles. The summed E-state index contributed by atoms with van der Waals surface area (Å²) < 4.78 is 11.0. The average Bonchev–Trinajstić information content (AvgIpc) is 2.69. The van der Waals surface area contributed by atoms with Crippen LogP contribution in [0, 0.1) is 5.92 Å². The van der Waals surface area contributed by atoms with E-state index < -0.39 is 11.9 Å². The lowest BCUT2D eigenvalue weighted by Gasteiger charge is -2.35. The molecule has 1 fully saturated rings. The molecule has 0 atom stereocenters. The minimum atomic E-state index is -1.82. The van der Waals surface area contributed by atoms with Crippen LogP contribution in [0.25, 0.3) is 0 Å². The second kappa shape index (κ2) is 12.7. The van der Waals surface area contributed by atoms with Crippen LogP contribution < -0.4 is 9.47 Å². The monoisotopic (exact) mass is 424 g/mol. The largest absolute Gasteiger partial charge is 0.493 e. The summed E-state index contributed by atoms with van der Waals surface area (Å²) in [6.45, 7) is 11.1. The quantitative estimate of drug-likeness (QED) is 0.638. The normalized spacial score (nSPS) is 14.0. The van der Waals surface area contributed by atoms with Crippen LogP contribution in [0.1, 0.15) is 32.8 Å². The number of carbonyl (C=O) groups is 3. The summed E-state index contributed by atoms with van der Waals surface area (Å²) in [7, 11) is 1.66. The average molecular weight is 424 g/mol. The number of ether oxygens (including phenoxy) is 2. The fraction of sp³-hybridized carbons (Fsp3) is 0.571. The highest BCUT2D eigenvalue weighted by Gasteiger charge is 2.21. The van der Waals surface area contributed by atoms with Crippen molar-refractivity contribution < 1.29 is 34.1 Å². The predicted molar refractivity (Wildman–Crippen MR) is 111 cm³/mol. The molecular weight excluding hydrogens is 392 g/mol. The second-order valence-corrected chi connectivity index (χ2v) is 7.28. The molecule has 0 aliphatic carbocycles. The van der Waals surface area contributed by atoms with Crippen molar-refractivity contribution in [3.8, 4) is 11.5 Å². The van der Waals surface area contributed by atoms with Gasteiger partial charge in [0.1, 0.15) is 0 Å². The molecule has 30 heavy (non-hydrogen) atoms. The van der Waals surface area contributed by atoms with Gasteiger partial charge in [0, 0.05) is 39.1 Å². The Balaban J connectivity index is 0.000000656. The third-order valence-electron chi connectivity index (χ3n) is 4.42. The number of amides is 1. The van der Waals surface area contributed by atoms with Crippen LogP contribution in [0.5, 0.6) is 11.5 Å². The topological polar surface area (TPSA) is 117 Å². The van der Waals surface area contributed by atoms with E-state index in [0.29, 0.717) is 18.9 Å². The van der Waals surface area contributed by atoms with Crippen molar-refractivity contribution in [1.29, 1.82) is 0 Å². The van der Waals surface area contributed by atoms with Crippen molar-refractivity contribution in [1.82, 2.24) is 9.80 Å². The van der Waals surface area contributed by atoms with E-state index in [9.17, 15) is 4.79 Å². The number of methoxy groups -OCH3 is 1. The van der Waals surface area contributed by atoms with Gasteiger partial charge in [0.05, 0.1) is 13.7 Å². The minimum Gasteiger partial charge on any atom is -0.493 e. The van der Waals surface area contributed by atoms with Crippen LogP contribution in [0.3, 0.4) is 0 Å². The maximum atomic E-state index is 12.1. The first kappa shape index (κ1) is 25.2. The predicted octanol–water partition coefficient (Wildman–Crippen LogP) is 1.94. The van der Waals surface area contributed by atoms with Gasteiger partial charge >= 0.3 is 11.9 Å². The number of hydrogen-bond donors (Lipinski definition) is 2. The number of hydrogen-bond acceptors (Lipinski definition) is 6. The third kappa shape index (κ3) is 8.69. The van der Waals surface area contributed by atoms with Crippen molar-refractivity contribution in [3.63, 3.8) is 0 Å². The summed E-state index contributed by atoms with van der Waals surface area (Å²) in [4.78, 5) is 34.7. The molecule has 1 aromatic rings. The SMILES string of the molecule is CCOc1cc(CN2CCN(C(=O)CC(C)C)CC2)ccc1OC.O=C(O)C(=O)O. The highest BCUT2D eigenvalue weighted by molar-refractivity contribution is 6.27. The van der Waals surface area contributed by atoms with Gasteiger partial charge in [-0.15, -0.1) is 0 Å². The van der Waals surface area contributed by atoms with E-state index in [1.54, 1.807) is 7.11 Å². The Kier molecular flexibility index (Phi) is 10.7. The molecule has 2 rings (SSSR count). The van der Waals surface area contributed by atoms with Crippen LogP contribution in [0.15, 0.2) is 18.2 Å². The fourth-order valence-corrected chi connectivity index (χ4v) is 2.98. The van der Waals surface area contributed by atoms with Crippen molar-refractivity contribution in [2.24, 2.45) is 5.92 Å². The van der Waals surface area contributed by atoms with Crippen LogP contribution in [-0.2, 0) is 20.9 Å². The zero-order chi connectivity index (χ0) is 22.7. The Labute approximate surface area is 177 Å². The number of rotatable bonds is 7. The van der Waals surface area contributed by atoms with Gasteiger partial charge in [-0.05, 0) is 30.5 Å². The molecule has 168 valence electrons. The van der Waals surface area contributed by atoms with Crippen molar-refractivity contribution in [3.05, 3.63) is 23.8 Å². The van der Waals surface area contributed by atoms with E-state index in [0.717, 1.165) is 44.2 Å². The number of carboxylic acid groups (broad SMARTS) is 2. The minimum absolute atomic E-state index is 0.285. The van der Waals surface area contributed by atoms with Crippen LogP contribution in [0.2, 0.25) is 0 Å². The molecule has 0 saturated carbocycles. The summed E-state index contributed by atoms with van der Waals surface area (Å²) >= 11 is 0. The fourth-order valence-electron chi connectivity index (χ4n) is 2.98. The van der Waals surface area contributed by atoms with E-state index in [-0.39, 0.29) is 5.91 Å². The van der Waals surface area contributed by atoms with Crippen LogP contribution in [0.4, 0.5) is 0 Å². The van der Waals surface area contributed by atoms with Gasteiger partial charge in [0.2, 0.25) is 5.91 Å². The molecule has 1 heterocycles. The molecule has 1 amide bonds. The van der Waals surface area contributed by atoms with Crippen molar-refractivity contribution in [2.45, 2.75) is 33.7 Å². The molecule has 9 nitrogen and oxygen atoms in total. The number of carboxylic acids is 2. The maximum Gasteiger partial charge on any atom is 0.414 e. The molecule has 0 spiro atoms. The maximum absolute atomic E-state index is 12.1. The van der Waals surface area contributed by atoms with E-state index >= 15 is 0 Å². The summed E-state index contributed by atoms with van der Waals surface area (Å²) in [5.74, 6) is -1.38. The van der Waals surface area contributed by atoms with E-state index in [1.807, 2.05) is 17.9 Å². The van der Waals surface area contributed by atoms with Gasteiger partial charge < -0.3 is 24.6 Å². The van der Waals surface area contributed by atoms with E-state index in [1.165, 1.54) is 5.56 Å². The van der Waals surface area contributed by atoms with Gasteiger partial charge in [-0.25, -0.2) is 9.59 Å². The zero-order valence-electron chi connectivity index (χ0n) is 18.1. The molecule has 0 bridgehead atoms. The smallest absolute Gasteiger partial charge is 0.414 e. The highest BCUT2D eigenvalue weighted by atomic mass is 16.5. The molecule has 1 saturated heterocycles. The molecule has 0 radical (unpaired) electrons. The van der Waals surface area contributed by atoms with Gasteiger partial charge in [-0.1, -0.05) is 19.9 Å². The highest BCUT2D eigenvalue weighted by Crippen LogP contribution is 2.28. The Morgan fingerprint density at radius 3 is 2.10 bits per heavy atom. The van der Waals surface area contributed by atoms with E-state index in [4.69, 9.17) is 29.3 Å². The van der Waals surface area contributed by atoms with Crippen LogP contribution >= 0.6 is 0 Å². The molecular formula is C21H32N2O7. The Hall–Kier alpha value is -2.81. The first-order valence-electron chi connectivity index (χ1n) is 9.93. The third-order valence-corrected chi connectivity index (χ3v) is 4.42. The molecule has 9 heteroatoms. The number of piperazine rings is 1. The Morgan fingerprint density at radius 2 is 1.63 bits per heavy atom. The summed E-state index contributed by atoms with van der Waals surface area (Å²) in [6.07, 6.45) is 0.649. The first-order chi connectivity index (χ1) is 14.2. The second-order valence-electron chi connectivity index (χ2n) is 7.28. The molecule has 2 N–H and O–H groups in total. The van der Waals surface area contributed by atoms with Gasteiger partial charge in [-0.3, -0.25) is 9.69 Å². The molecule has 0 unspecified atom stereocenters. The summed E-state index contributed by atoms with van der Waals surface area (Å²) in [6, 6.07) is 6.10. The summed E-state index contributed by atoms with van der Waals surface area (Å²) in [5, 5.41) is 14.8. The number of aliphatic carboxylic acids is 2. The zero-order valence-corrected chi connectivity index (χ0v) is 18.1. The lowest BCUT2D eigenvalue weighted by molar-refractivity contribution is -0.159. The van der Waals surface area contributed by atoms with Gasteiger partial charge in [-0.2, -0.15) is 0 Å². The van der Waals surface area contributed by atoms with Crippen molar-refractivity contribution >= 4 is 17.8 Å². The molecule has 1 aliphatic rings. The summed E-state index contributed by atoms with van der Waals surface area (Å²) in [5.41, 5.74) is 1.21. The van der Waals surface area contributed by atoms with Gasteiger partial charge in [0.25, 0.3) is 0 Å². The van der Waals surface area contributed by atoms with E-state index in [2.05, 4.69) is 30.9 Å². The Morgan fingerprint density at radius 1 is 1.03 bits per heavy atom. The number of carbonyl (C=O) groups excluding carboxylic acids is 1. The number of benzene rings is 1.